The van der Waals surface area contributed by atoms with Crippen molar-refractivity contribution in [2.75, 3.05) is 26.3 Å². The maximum atomic E-state index is 6.13. The van der Waals surface area contributed by atoms with Crippen LogP contribution >= 0.6 is 11.3 Å². The first-order chi connectivity index (χ1) is 11.8. The van der Waals surface area contributed by atoms with Crippen molar-refractivity contribution in [2.45, 2.75) is 32.1 Å². The molecule has 4 heterocycles. The minimum absolute atomic E-state index is 0.00747. The molecule has 0 N–H and O–H groups in total. The van der Waals surface area contributed by atoms with Gasteiger partial charge < -0.3 is 9.47 Å². The lowest BCUT2D eigenvalue weighted by Gasteiger charge is -2.50. The Hall–Kier alpha value is -1.34. The van der Waals surface area contributed by atoms with E-state index in [2.05, 4.69) is 27.9 Å². The summed E-state index contributed by atoms with van der Waals surface area (Å²) in [7, 11) is 0. The lowest BCUT2D eigenvalue weighted by molar-refractivity contribution is -0.146. The van der Waals surface area contributed by atoms with Crippen molar-refractivity contribution in [2.24, 2.45) is 5.92 Å². The maximum Gasteiger partial charge on any atom is 0.0985 e. The molecule has 0 radical (unpaired) electrons. The summed E-state index contributed by atoms with van der Waals surface area (Å²) in [6.45, 7) is 7.34. The molecule has 0 bridgehead atoms. The van der Waals surface area contributed by atoms with Gasteiger partial charge in [0.25, 0.3) is 0 Å². The SMILES string of the molecule is Cc1ncsc1CN1CC2(C1)OCCC2COCc1cccnc1. The minimum atomic E-state index is 0.00747. The topological polar surface area (TPSA) is 47.5 Å². The zero-order valence-electron chi connectivity index (χ0n) is 14.0. The van der Waals surface area contributed by atoms with Gasteiger partial charge in [0.15, 0.2) is 0 Å². The normalized spacial score (nSPS) is 22.8. The number of hydrogen-bond donors (Lipinski definition) is 0. The van der Waals surface area contributed by atoms with E-state index in [1.54, 1.807) is 17.5 Å². The molecule has 128 valence electrons. The second kappa shape index (κ2) is 6.88. The second-order valence-electron chi connectivity index (χ2n) is 6.78. The monoisotopic (exact) mass is 345 g/mol. The van der Waals surface area contributed by atoms with Crippen molar-refractivity contribution < 1.29 is 9.47 Å². The summed E-state index contributed by atoms with van der Waals surface area (Å²) in [5.74, 6) is 0.493. The molecule has 1 unspecified atom stereocenters. The Balaban J connectivity index is 1.27. The van der Waals surface area contributed by atoms with Crippen LogP contribution in [0.2, 0.25) is 0 Å². The van der Waals surface area contributed by atoms with Crippen LogP contribution in [0.3, 0.4) is 0 Å². The van der Waals surface area contributed by atoms with Crippen molar-refractivity contribution in [3.05, 3.63) is 46.2 Å². The first kappa shape index (κ1) is 16.1. The zero-order chi connectivity index (χ0) is 16.4. The summed E-state index contributed by atoms with van der Waals surface area (Å²) in [6.07, 6.45) is 4.75. The van der Waals surface area contributed by atoms with Gasteiger partial charge in [-0.25, -0.2) is 4.98 Å². The number of aromatic nitrogens is 2. The van der Waals surface area contributed by atoms with Crippen LogP contribution in [0.4, 0.5) is 0 Å². The van der Waals surface area contributed by atoms with Crippen LogP contribution in [0.25, 0.3) is 0 Å². The summed E-state index contributed by atoms with van der Waals surface area (Å²) in [5, 5.41) is 0. The van der Waals surface area contributed by atoms with Crippen molar-refractivity contribution in [1.82, 2.24) is 14.9 Å². The molecular weight excluding hydrogens is 322 g/mol. The van der Waals surface area contributed by atoms with E-state index in [9.17, 15) is 0 Å². The van der Waals surface area contributed by atoms with E-state index >= 15 is 0 Å². The van der Waals surface area contributed by atoms with E-state index in [1.807, 2.05) is 17.8 Å². The summed E-state index contributed by atoms with van der Waals surface area (Å²) in [6, 6.07) is 4.00. The number of hydrogen-bond acceptors (Lipinski definition) is 6. The molecule has 0 amide bonds. The van der Waals surface area contributed by atoms with Crippen LogP contribution in [0.1, 0.15) is 22.6 Å². The van der Waals surface area contributed by atoms with Crippen LogP contribution in [-0.4, -0.2) is 46.8 Å². The number of rotatable bonds is 6. The Labute approximate surface area is 146 Å². The summed E-state index contributed by atoms with van der Waals surface area (Å²) in [5.41, 5.74) is 4.22. The van der Waals surface area contributed by atoms with E-state index in [-0.39, 0.29) is 5.60 Å². The quantitative estimate of drug-likeness (QED) is 0.805. The van der Waals surface area contributed by atoms with Gasteiger partial charge in [0.2, 0.25) is 0 Å². The molecule has 5 nitrogen and oxygen atoms in total. The van der Waals surface area contributed by atoms with Crippen LogP contribution < -0.4 is 0 Å². The Bertz CT molecular complexity index is 670. The number of thiazole rings is 1. The summed E-state index contributed by atoms with van der Waals surface area (Å²) >= 11 is 1.75. The molecule has 2 aliphatic rings. The average Bonchev–Trinajstić information content (AvgIpc) is 3.15. The van der Waals surface area contributed by atoms with E-state index in [1.165, 1.54) is 4.88 Å². The molecule has 2 aromatic heterocycles. The number of pyridine rings is 1. The van der Waals surface area contributed by atoms with Crippen LogP contribution in [0, 0.1) is 12.8 Å². The molecule has 0 aromatic carbocycles. The van der Waals surface area contributed by atoms with Gasteiger partial charge in [-0.15, -0.1) is 11.3 Å². The molecule has 2 fully saturated rings. The lowest BCUT2D eigenvalue weighted by atomic mass is 9.81. The number of nitrogens with zero attached hydrogens (tertiary/aromatic N) is 3. The Morgan fingerprint density at radius 1 is 1.46 bits per heavy atom. The highest BCUT2D eigenvalue weighted by molar-refractivity contribution is 7.09. The van der Waals surface area contributed by atoms with Gasteiger partial charge in [0, 0.05) is 49.4 Å². The molecule has 2 aromatic rings. The fraction of sp³-hybridized carbons (Fsp3) is 0.556. The van der Waals surface area contributed by atoms with Crippen molar-refractivity contribution in [3.63, 3.8) is 0 Å². The van der Waals surface area contributed by atoms with E-state index in [0.29, 0.717) is 12.5 Å². The van der Waals surface area contributed by atoms with Gasteiger partial charge >= 0.3 is 0 Å². The van der Waals surface area contributed by atoms with Crippen LogP contribution in [-0.2, 0) is 22.6 Å². The van der Waals surface area contributed by atoms with Gasteiger partial charge in [-0.3, -0.25) is 9.88 Å². The zero-order valence-corrected chi connectivity index (χ0v) is 14.8. The van der Waals surface area contributed by atoms with E-state index in [4.69, 9.17) is 9.47 Å². The highest BCUT2D eigenvalue weighted by atomic mass is 32.1. The minimum Gasteiger partial charge on any atom is -0.376 e. The van der Waals surface area contributed by atoms with Crippen molar-refractivity contribution in [1.29, 1.82) is 0 Å². The Morgan fingerprint density at radius 3 is 3.12 bits per heavy atom. The number of ether oxygens (including phenoxy) is 2. The first-order valence-corrected chi connectivity index (χ1v) is 9.35. The van der Waals surface area contributed by atoms with Crippen LogP contribution in [0.15, 0.2) is 30.0 Å². The van der Waals surface area contributed by atoms with Gasteiger partial charge in [-0.2, -0.15) is 0 Å². The maximum absolute atomic E-state index is 6.13. The molecule has 0 saturated carbocycles. The smallest absolute Gasteiger partial charge is 0.0985 e. The number of aryl methyl sites for hydroxylation is 1. The average molecular weight is 345 g/mol. The molecule has 0 aliphatic carbocycles. The standard InChI is InChI=1S/C18H23N3O2S/c1-14-17(24-13-20-14)8-21-11-18(12-21)16(4-6-23-18)10-22-9-15-3-2-5-19-7-15/h2-3,5,7,13,16H,4,6,8-12H2,1H3. The first-order valence-electron chi connectivity index (χ1n) is 8.47. The second-order valence-corrected chi connectivity index (χ2v) is 7.72. The van der Waals surface area contributed by atoms with Gasteiger partial charge in [0.1, 0.15) is 0 Å². The molecule has 4 rings (SSSR count). The predicted octanol–water partition coefficient (Wildman–Crippen LogP) is 2.65. The van der Waals surface area contributed by atoms with Crippen molar-refractivity contribution >= 4 is 11.3 Å². The fourth-order valence-corrected chi connectivity index (χ4v) is 4.49. The fourth-order valence-electron chi connectivity index (χ4n) is 3.68. The Kier molecular flexibility index (Phi) is 4.63. The largest absolute Gasteiger partial charge is 0.376 e. The molecular formula is C18H23N3O2S. The third-order valence-electron chi connectivity index (χ3n) is 5.10. The van der Waals surface area contributed by atoms with E-state index < -0.39 is 0 Å². The molecule has 1 atom stereocenters. The molecule has 24 heavy (non-hydrogen) atoms. The molecule has 6 heteroatoms. The van der Waals surface area contributed by atoms with Gasteiger partial charge in [-0.05, 0) is 25.0 Å². The Morgan fingerprint density at radius 2 is 2.38 bits per heavy atom. The third-order valence-corrected chi connectivity index (χ3v) is 6.02. The van der Waals surface area contributed by atoms with E-state index in [0.717, 1.165) is 50.5 Å². The summed E-state index contributed by atoms with van der Waals surface area (Å²) < 4.78 is 12.1. The lowest BCUT2D eigenvalue weighted by Crippen LogP contribution is -2.64. The molecule has 1 spiro atoms. The predicted molar refractivity (Wildman–Crippen MR) is 92.8 cm³/mol. The molecule has 2 aliphatic heterocycles. The van der Waals surface area contributed by atoms with Crippen LogP contribution in [0.5, 0.6) is 0 Å². The highest BCUT2D eigenvalue weighted by Gasteiger charge is 2.52. The van der Waals surface area contributed by atoms with Crippen molar-refractivity contribution in [3.8, 4) is 0 Å². The van der Waals surface area contributed by atoms with Gasteiger partial charge in [-0.1, -0.05) is 6.07 Å². The highest BCUT2D eigenvalue weighted by Crippen LogP contribution is 2.41. The molecule has 2 saturated heterocycles. The third kappa shape index (κ3) is 3.24. The number of likely N-dealkylation sites (tertiary alicyclic amines) is 1. The summed E-state index contributed by atoms with van der Waals surface area (Å²) in [4.78, 5) is 12.3. The van der Waals surface area contributed by atoms with Gasteiger partial charge in [0.05, 0.1) is 30.0 Å².